The topological polar surface area (TPSA) is 50.7 Å². The van der Waals surface area contributed by atoms with Crippen molar-refractivity contribution in [2.75, 3.05) is 40.1 Å². The van der Waals surface area contributed by atoms with Crippen LogP contribution in [0.15, 0.2) is 0 Å². The number of unbranched alkanes of at least 4 members (excludes halogenated alkanes) is 1. The summed E-state index contributed by atoms with van der Waals surface area (Å²) in [4.78, 5) is 0. The molecule has 0 saturated heterocycles. The van der Waals surface area contributed by atoms with Gasteiger partial charge in [0, 0.05) is 18.8 Å². The minimum atomic E-state index is -0.233. The zero-order valence-corrected chi connectivity index (χ0v) is 10.9. The van der Waals surface area contributed by atoms with E-state index in [0.29, 0.717) is 19.8 Å². The molecule has 0 rings (SSSR count). The molecule has 0 fully saturated rings. The van der Waals surface area contributed by atoms with E-state index in [2.05, 4.69) is 12.2 Å². The van der Waals surface area contributed by atoms with Crippen LogP contribution in [0.4, 0.5) is 0 Å². The van der Waals surface area contributed by atoms with Gasteiger partial charge in [0.05, 0.1) is 19.8 Å². The van der Waals surface area contributed by atoms with E-state index in [9.17, 15) is 0 Å². The van der Waals surface area contributed by atoms with E-state index >= 15 is 0 Å². The van der Waals surface area contributed by atoms with Crippen LogP contribution in [-0.4, -0.2) is 50.7 Å². The van der Waals surface area contributed by atoms with Gasteiger partial charge in [-0.25, -0.2) is 0 Å². The van der Waals surface area contributed by atoms with Crippen molar-refractivity contribution in [3.63, 3.8) is 0 Å². The van der Waals surface area contributed by atoms with Gasteiger partial charge in [0.15, 0.2) is 0 Å². The monoisotopic (exact) mass is 233 g/mol. The Balaban J connectivity index is 3.26. The van der Waals surface area contributed by atoms with Gasteiger partial charge in [0.2, 0.25) is 0 Å². The molecule has 0 spiro atoms. The zero-order valence-electron chi connectivity index (χ0n) is 10.9. The second-order valence-electron chi connectivity index (χ2n) is 4.30. The highest BCUT2D eigenvalue weighted by Gasteiger charge is 2.19. The fourth-order valence-corrected chi connectivity index (χ4v) is 1.15. The van der Waals surface area contributed by atoms with E-state index < -0.39 is 0 Å². The van der Waals surface area contributed by atoms with Crippen molar-refractivity contribution < 1.29 is 14.6 Å². The van der Waals surface area contributed by atoms with Crippen LogP contribution in [0.2, 0.25) is 0 Å². The molecule has 1 unspecified atom stereocenters. The first-order valence-corrected chi connectivity index (χ1v) is 6.14. The average molecular weight is 233 g/mol. The molecule has 2 N–H and O–H groups in total. The number of aliphatic hydroxyl groups excluding tert-OH is 1. The Morgan fingerprint density at radius 2 is 1.75 bits per heavy atom. The van der Waals surface area contributed by atoms with E-state index in [4.69, 9.17) is 14.6 Å². The third-order valence-electron chi connectivity index (χ3n) is 2.76. The number of nitrogens with one attached hydrogen (secondary N) is 1. The van der Waals surface area contributed by atoms with Gasteiger partial charge >= 0.3 is 0 Å². The number of ether oxygens (including phenoxy) is 2. The van der Waals surface area contributed by atoms with Gasteiger partial charge in [-0.3, -0.25) is 0 Å². The van der Waals surface area contributed by atoms with E-state index in [0.717, 1.165) is 25.9 Å². The SMILES string of the molecule is CCCCOCCOCCC(C)(CO)NC. The van der Waals surface area contributed by atoms with Crippen LogP contribution in [-0.2, 0) is 9.47 Å². The number of aliphatic hydroxyl groups is 1. The van der Waals surface area contributed by atoms with Crippen LogP contribution in [0.25, 0.3) is 0 Å². The van der Waals surface area contributed by atoms with Crippen molar-refractivity contribution >= 4 is 0 Å². The van der Waals surface area contributed by atoms with Gasteiger partial charge in [-0.15, -0.1) is 0 Å². The normalized spacial score (nSPS) is 15.0. The maximum atomic E-state index is 9.14. The Morgan fingerprint density at radius 3 is 2.25 bits per heavy atom. The lowest BCUT2D eigenvalue weighted by atomic mass is 10.0. The maximum absolute atomic E-state index is 9.14. The van der Waals surface area contributed by atoms with Crippen molar-refractivity contribution in [3.8, 4) is 0 Å². The molecule has 0 amide bonds. The molecule has 1 atom stereocenters. The van der Waals surface area contributed by atoms with E-state index in [1.807, 2.05) is 14.0 Å². The Kier molecular flexibility index (Phi) is 9.92. The molecule has 98 valence electrons. The Morgan fingerprint density at radius 1 is 1.12 bits per heavy atom. The van der Waals surface area contributed by atoms with E-state index in [1.165, 1.54) is 0 Å². The molecule has 16 heavy (non-hydrogen) atoms. The van der Waals surface area contributed by atoms with E-state index in [-0.39, 0.29) is 12.1 Å². The molecule has 0 aliphatic heterocycles. The zero-order chi connectivity index (χ0) is 12.3. The predicted molar refractivity (Wildman–Crippen MR) is 65.7 cm³/mol. The molecule has 0 bridgehead atoms. The summed E-state index contributed by atoms with van der Waals surface area (Å²) < 4.78 is 10.8. The third kappa shape index (κ3) is 8.05. The summed E-state index contributed by atoms with van der Waals surface area (Å²) in [5.74, 6) is 0. The maximum Gasteiger partial charge on any atom is 0.0700 e. The quantitative estimate of drug-likeness (QED) is 0.526. The highest BCUT2D eigenvalue weighted by atomic mass is 16.5. The average Bonchev–Trinajstić information content (AvgIpc) is 2.32. The summed E-state index contributed by atoms with van der Waals surface area (Å²) in [5.41, 5.74) is -0.233. The van der Waals surface area contributed by atoms with E-state index in [1.54, 1.807) is 0 Å². The summed E-state index contributed by atoms with van der Waals surface area (Å²) in [6, 6.07) is 0. The molecule has 0 aromatic rings. The fraction of sp³-hybridized carbons (Fsp3) is 1.00. The number of hydrogen-bond donors (Lipinski definition) is 2. The van der Waals surface area contributed by atoms with Crippen molar-refractivity contribution in [3.05, 3.63) is 0 Å². The predicted octanol–water partition coefficient (Wildman–Crippen LogP) is 1.18. The largest absolute Gasteiger partial charge is 0.394 e. The minimum absolute atomic E-state index is 0.125. The van der Waals surface area contributed by atoms with Gasteiger partial charge in [0.25, 0.3) is 0 Å². The standard InChI is InChI=1S/C12H27NO3/c1-4-5-7-15-9-10-16-8-6-12(2,11-14)13-3/h13-14H,4-11H2,1-3H3. The number of hydrogen-bond acceptors (Lipinski definition) is 4. The fourth-order valence-electron chi connectivity index (χ4n) is 1.15. The van der Waals surface area contributed by atoms with Crippen molar-refractivity contribution in [1.82, 2.24) is 5.32 Å². The van der Waals surface area contributed by atoms with Crippen LogP contribution < -0.4 is 5.32 Å². The first kappa shape index (κ1) is 15.8. The molecule has 0 radical (unpaired) electrons. The van der Waals surface area contributed by atoms with Crippen LogP contribution in [0, 0.1) is 0 Å². The van der Waals surface area contributed by atoms with Crippen LogP contribution in [0.5, 0.6) is 0 Å². The first-order chi connectivity index (χ1) is 7.68. The van der Waals surface area contributed by atoms with Gasteiger partial charge < -0.3 is 19.9 Å². The Bertz CT molecular complexity index is 149. The third-order valence-corrected chi connectivity index (χ3v) is 2.76. The molecule has 0 aromatic carbocycles. The molecule has 4 nitrogen and oxygen atoms in total. The van der Waals surface area contributed by atoms with Gasteiger partial charge in [0.1, 0.15) is 0 Å². The van der Waals surface area contributed by atoms with Crippen LogP contribution in [0.1, 0.15) is 33.1 Å². The highest BCUT2D eigenvalue weighted by Crippen LogP contribution is 2.07. The molecule has 0 aliphatic carbocycles. The second kappa shape index (κ2) is 10.0. The van der Waals surface area contributed by atoms with Crippen molar-refractivity contribution in [2.24, 2.45) is 0 Å². The van der Waals surface area contributed by atoms with Crippen molar-refractivity contribution in [1.29, 1.82) is 0 Å². The Labute approximate surface area is 99.3 Å². The second-order valence-corrected chi connectivity index (χ2v) is 4.30. The Hall–Kier alpha value is -0.160. The first-order valence-electron chi connectivity index (χ1n) is 6.14. The summed E-state index contributed by atoms with van der Waals surface area (Å²) in [6.07, 6.45) is 3.08. The summed E-state index contributed by atoms with van der Waals surface area (Å²) >= 11 is 0. The lowest BCUT2D eigenvalue weighted by molar-refractivity contribution is 0.0343. The summed E-state index contributed by atoms with van der Waals surface area (Å²) in [7, 11) is 1.85. The van der Waals surface area contributed by atoms with Crippen LogP contribution >= 0.6 is 0 Å². The molecule has 0 heterocycles. The van der Waals surface area contributed by atoms with Gasteiger partial charge in [-0.05, 0) is 26.8 Å². The molecular formula is C12H27NO3. The molecular weight excluding hydrogens is 206 g/mol. The van der Waals surface area contributed by atoms with Gasteiger partial charge in [-0.1, -0.05) is 13.3 Å². The van der Waals surface area contributed by atoms with Gasteiger partial charge in [-0.2, -0.15) is 0 Å². The molecule has 0 aromatic heterocycles. The summed E-state index contributed by atoms with van der Waals surface area (Å²) in [6.45, 7) is 7.02. The molecule has 0 aliphatic rings. The van der Waals surface area contributed by atoms with Crippen molar-refractivity contribution in [2.45, 2.75) is 38.6 Å². The minimum Gasteiger partial charge on any atom is -0.394 e. The number of rotatable bonds is 11. The smallest absolute Gasteiger partial charge is 0.0700 e. The molecule has 4 heteroatoms. The number of likely N-dealkylation sites (N-methyl/N-ethyl adjacent to an activating group) is 1. The summed E-state index contributed by atoms with van der Waals surface area (Å²) in [5, 5.41) is 12.2. The molecule has 0 saturated carbocycles. The van der Waals surface area contributed by atoms with Crippen LogP contribution in [0.3, 0.4) is 0 Å². The highest BCUT2D eigenvalue weighted by molar-refractivity contribution is 4.79. The lowest BCUT2D eigenvalue weighted by Gasteiger charge is -2.26. The lowest BCUT2D eigenvalue weighted by Crippen LogP contribution is -2.44.